The summed E-state index contributed by atoms with van der Waals surface area (Å²) in [7, 11) is 0. The Labute approximate surface area is 155 Å². The molecule has 0 saturated heterocycles. The van der Waals surface area contributed by atoms with Crippen LogP contribution in [0.2, 0.25) is 0 Å². The molecule has 4 aromatic rings. The summed E-state index contributed by atoms with van der Waals surface area (Å²) in [6, 6.07) is 16.5. The minimum atomic E-state index is -0.203. The Morgan fingerprint density at radius 2 is 1.85 bits per heavy atom. The lowest BCUT2D eigenvalue weighted by atomic mass is 10.1. The van der Waals surface area contributed by atoms with Crippen LogP contribution in [0.5, 0.6) is 0 Å². The summed E-state index contributed by atoms with van der Waals surface area (Å²) < 4.78 is 13.7. The van der Waals surface area contributed by atoms with E-state index >= 15 is 0 Å². The third kappa shape index (κ3) is 3.98. The highest BCUT2D eigenvalue weighted by Gasteiger charge is 2.06. The monoisotopic (exact) mass is 360 g/mol. The Morgan fingerprint density at radius 1 is 0.963 bits per heavy atom. The third-order valence-electron chi connectivity index (χ3n) is 4.10. The molecule has 0 saturated carbocycles. The Hall–Kier alpha value is -3.61. The number of pyridine rings is 1. The number of benzene rings is 2. The maximum Gasteiger partial charge on any atom is 0.249 e. The highest BCUT2D eigenvalue weighted by Crippen LogP contribution is 2.23. The second-order valence-electron chi connectivity index (χ2n) is 5.94. The third-order valence-corrected chi connectivity index (χ3v) is 4.10. The molecule has 2 aromatic carbocycles. The fraction of sp³-hybridized carbons (Fsp3) is 0.100. The van der Waals surface area contributed by atoms with E-state index in [9.17, 15) is 4.39 Å². The number of halogens is 1. The van der Waals surface area contributed by atoms with Crippen LogP contribution < -0.4 is 10.6 Å². The van der Waals surface area contributed by atoms with Crippen LogP contribution in [-0.4, -0.2) is 26.7 Å². The quantitative estimate of drug-likeness (QED) is 0.542. The number of para-hydroxylation sites is 1. The van der Waals surface area contributed by atoms with Crippen molar-refractivity contribution >= 4 is 28.4 Å². The molecule has 0 aliphatic carbocycles. The van der Waals surface area contributed by atoms with Crippen LogP contribution in [0.1, 0.15) is 5.56 Å². The summed E-state index contributed by atoms with van der Waals surface area (Å²) in [5.74, 6) is 0.729. The molecule has 0 unspecified atom stereocenters. The van der Waals surface area contributed by atoms with Crippen LogP contribution in [-0.2, 0) is 6.42 Å². The maximum atomic E-state index is 13.7. The van der Waals surface area contributed by atoms with Crippen molar-refractivity contribution in [2.75, 3.05) is 17.2 Å². The molecule has 27 heavy (non-hydrogen) atoms. The van der Waals surface area contributed by atoms with Crippen LogP contribution in [0.15, 0.2) is 67.0 Å². The predicted molar refractivity (Wildman–Crippen MR) is 103 cm³/mol. The molecular formula is C20H17FN6. The maximum absolute atomic E-state index is 13.7. The van der Waals surface area contributed by atoms with Gasteiger partial charge in [-0.2, -0.15) is 10.1 Å². The van der Waals surface area contributed by atoms with Crippen molar-refractivity contribution in [3.63, 3.8) is 0 Å². The first kappa shape index (κ1) is 16.8. The van der Waals surface area contributed by atoms with Gasteiger partial charge in [0.1, 0.15) is 5.82 Å². The molecule has 0 radical (unpaired) electrons. The lowest BCUT2D eigenvalue weighted by Gasteiger charge is -2.09. The average Bonchev–Trinajstić information content (AvgIpc) is 2.70. The van der Waals surface area contributed by atoms with Gasteiger partial charge in [0.15, 0.2) is 5.82 Å². The van der Waals surface area contributed by atoms with Gasteiger partial charge in [0, 0.05) is 18.1 Å². The Balaban J connectivity index is 1.45. The molecule has 2 heterocycles. The molecule has 6 nitrogen and oxygen atoms in total. The number of nitrogens with one attached hydrogen (secondary N) is 2. The van der Waals surface area contributed by atoms with Gasteiger partial charge in [0.2, 0.25) is 5.95 Å². The molecule has 7 heteroatoms. The van der Waals surface area contributed by atoms with Crippen LogP contribution in [0.3, 0.4) is 0 Å². The zero-order chi connectivity index (χ0) is 18.5. The fourth-order valence-electron chi connectivity index (χ4n) is 2.79. The molecule has 0 atom stereocenters. The standard InChI is InChI=1S/C20H17FN6/c21-16-8-2-1-5-14(16)10-12-22-18-13-24-27-20(26-18)25-17-9-3-6-15-7-4-11-23-19(15)17/h1-9,11,13H,10,12H2,(H2,22,25,26,27). The highest BCUT2D eigenvalue weighted by molar-refractivity contribution is 5.91. The minimum Gasteiger partial charge on any atom is -0.368 e. The zero-order valence-electron chi connectivity index (χ0n) is 14.4. The highest BCUT2D eigenvalue weighted by atomic mass is 19.1. The molecule has 0 aliphatic heterocycles. The second kappa shape index (κ2) is 7.74. The second-order valence-corrected chi connectivity index (χ2v) is 5.94. The first-order chi connectivity index (χ1) is 13.3. The number of anilines is 3. The molecule has 0 fully saturated rings. The van der Waals surface area contributed by atoms with Crippen molar-refractivity contribution < 1.29 is 4.39 Å². The van der Waals surface area contributed by atoms with E-state index in [2.05, 4.69) is 30.8 Å². The van der Waals surface area contributed by atoms with Crippen LogP contribution >= 0.6 is 0 Å². The summed E-state index contributed by atoms with van der Waals surface area (Å²) in [5, 5.41) is 15.3. The van der Waals surface area contributed by atoms with E-state index in [1.165, 1.54) is 12.3 Å². The lowest BCUT2D eigenvalue weighted by Crippen LogP contribution is -2.09. The first-order valence-electron chi connectivity index (χ1n) is 8.57. The zero-order valence-corrected chi connectivity index (χ0v) is 14.4. The van der Waals surface area contributed by atoms with Gasteiger partial charge < -0.3 is 10.6 Å². The number of nitrogens with zero attached hydrogens (tertiary/aromatic N) is 4. The van der Waals surface area contributed by atoms with E-state index in [1.54, 1.807) is 18.3 Å². The number of fused-ring (bicyclic) bond motifs is 1. The van der Waals surface area contributed by atoms with E-state index in [4.69, 9.17) is 0 Å². The summed E-state index contributed by atoms with van der Waals surface area (Å²) in [5.41, 5.74) is 2.30. The molecule has 0 amide bonds. The van der Waals surface area contributed by atoms with E-state index in [-0.39, 0.29) is 5.82 Å². The van der Waals surface area contributed by atoms with Gasteiger partial charge in [0.05, 0.1) is 17.4 Å². The molecule has 0 aliphatic rings. The molecule has 2 N–H and O–H groups in total. The largest absolute Gasteiger partial charge is 0.368 e. The van der Waals surface area contributed by atoms with Crippen LogP contribution in [0.25, 0.3) is 10.9 Å². The molecule has 0 spiro atoms. The molecular weight excluding hydrogens is 343 g/mol. The normalized spacial score (nSPS) is 10.7. The molecule has 0 bridgehead atoms. The van der Waals surface area contributed by atoms with Gasteiger partial charge in [-0.1, -0.05) is 36.4 Å². The first-order valence-corrected chi connectivity index (χ1v) is 8.57. The smallest absolute Gasteiger partial charge is 0.249 e. The topological polar surface area (TPSA) is 75.6 Å². The Morgan fingerprint density at radius 3 is 2.78 bits per heavy atom. The van der Waals surface area contributed by atoms with Crippen molar-refractivity contribution in [1.82, 2.24) is 20.2 Å². The van der Waals surface area contributed by atoms with Gasteiger partial charge in [-0.15, -0.1) is 5.10 Å². The Kier molecular flexibility index (Phi) is 4.82. The number of aromatic nitrogens is 4. The SMILES string of the molecule is Fc1ccccc1CCNc1cnnc(Nc2cccc3cccnc23)n1. The minimum absolute atomic E-state index is 0.203. The van der Waals surface area contributed by atoms with Crippen molar-refractivity contribution in [3.8, 4) is 0 Å². The molecule has 2 aromatic heterocycles. The summed E-state index contributed by atoms with van der Waals surface area (Å²) in [4.78, 5) is 8.81. The van der Waals surface area contributed by atoms with Gasteiger partial charge in [0.25, 0.3) is 0 Å². The predicted octanol–water partition coefficient (Wildman–Crippen LogP) is 3.96. The van der Waals surface area contributed by atoms with Gasteiger partial charge >= 0.3 is 0 Å². The lowest BCUT2D eigenvalue weighted by molar-refractivity contribution is 0.610. The summed E-state index contributed by atoms with van der Waals surface area (Å²) in [6.07, 6.45) is 3.83. The van der Waals surface area contributed by atoms with Crippen LogP contribution in [0, 0.1) is 5.82 Å². The van der Waals surface area contributed by atoms with E-state index in [0.717, 1.165) is 16.6 Å². The van der Waals surface area contributed by atoms with Crippen molar-refractivity contribution in [2.24, 2.45) is 0 Å². The number of rotatable bonds is 6. The van der Waals surface area contributed by atoms with Crippen molar-refractivity contribution in [2.45, 2.75) is 6.42 Å². The van der Waals surface area contributed by atoms with E-state index in [1.807, 2.05) is 36.4 Å². The summed E-state index contributed by atoms with van der Waals surface area (Å²) in [6.45, 7) is 0.537. The van der Waals surface area contributed by atoms with Gasteiger partial charge in [-0.3, -0.25) is 4.98 Å². The van der Waals surface area contributed by atoms with Gasteiger partial charge in [-0.25, -0.2) is 4.39 Å². The van der Waals surface area contributed by atoms with E-state index < -0.39 is 0 Å². The fourth-order valence-corrected chi connectivity index (χ4v) is 2.79. The van der Waals surface area contributed by atoms with Crippen molar-refractivity contribution in [1.29, 1.82) is 0 Å². The number of hydrogen-bond donors (Lipinski definition) is 2. The Bertz CT molecular complexity index is 1060. The molecule has 4 rings (SSSR count). The summed E-state index contributed by atoms with van der Waals surface area (Å²) >= 11 is 0. The molecule has 134 valence electrons. The average molecular weight is 360 g/mol. The van der Waals surface area contributed by atoms with Crippen LogP contribution in [0.4, 0.5) is 21.8 Å². The van der Waals surface area contributed by atoms with Crippen molar-refractivity contribution in [3.05, 3.63) is 78.4 Å². The number of hydrogen-bond acceptors (Lipinski definition) is 6. The van der Waals surface area contributed by atoms with E-state index in [0.29, 0.717) is 30.3 Å². The van der Waals surface area contributed by atoms with Gasteiger partial charge in [-0.05, 0) is 30.2 Å².